The largest absolute Gasteiger partial charge is 0.506 e. The van der Waals surface area contributed by atoms with Crippen LogP contribution in [-0.2, 0) is 11.3 Å². The molecule has 0 saturated carbocycles. The number of phenols is 1. The number of aromatic nitrogens is 2. The zero-order chi connectivity index (χ0) is 14.0. The molecule has 0 unspecified atom stereocenters. The third kappa shape index (κ3) is 3.13. The molecule has 2 aromatic rings. The van der Waals surface area contributed by atoms with Crippen molar-refractivity contribution in [2.75, 3.05) is 5.32 Å². The molecular formula is C14H17N3O2. The van der Waals surface area contributed by atoms with Gasteiger partial charge < -0.3 is 10.4 Å². The fraction of sp³-hybridized carbons (Fsp3) is 0.286. The summed E-state index contributed by atoms with van der Waals surface area (Å²) in [6.45, 7) is 5.79. The standard InChI is InChI=1S/C14H17N3O2/c1-9-4-5-12(13(18)6-9)15-14(19)8-17-11(3)7-10(2)16-17/h4-7,18H,8H2,1-3H3,(H,15,19). The van der Waals surface area contributed by atoms with Gasteiger partial charge in [0.15, 0.2) is 0 Å². The second-order valence-electron chi connectivity index (χ2n) is 4.65. The fourth-order valence-electron chi connectivity index (χ4n) is 1.91. The van der Waals surface area contributed by atoms with E-state index in [1.54, 1.807) is 16.8 Å². The highest BCUT2D eigenvalue weighted by molar-refractivity contribution is 5.92. The number of hydrogen-bond acceptors (Lipinski definition) is 3. The Kier molecular flexibility index (Phi) is 3.55. The molecule has 100 valence electrons. The van der Waals surface area contributed by atoms with Crippen LogP contribution in [0.25, 0.3) is 0 Å². The van der Waals surface area contributed by atoms with E-state index in [2.05, 4.69) is 10.4 Å². The lowest BCUT2D eigenvalue weighted by Gasteiger charge is -2.09. The van der Waals surface area contributed by atoms with Crippen molar-refractivity contribution in [2.24, 2.45) is 0 Å². The quantitative estimate of drug-likeness (QED) is 0.830. The van der Waals surface area contributed by atoms with Gasteiger partial charge in [-0.25, -0.2) is 0 Å². The van der Waals surface area contributed by atoms with E-state index in [0.717, 1.165) is 17.0 Å². The summed E-state index contributed by atoms with van der Waals surface area (Å²) in [5, 5.41) is 16.6. The summed E-state index contributed by atoms with van der Waals surface area (Å²) in [4.78, 5) is 11.9. The van der Waals surface area contributed by atoms with Crippen molar-refractivity contribution < 1.29 is 9.90 Å². The van der Waals surface area contributed by atoms with Gasteiger partial charge in [0.1, 0.15) is 12.3 Å². The number of benzene rings is 1. The number of aryl methyl sites for hydroxylation is 3. The van der Waals surface area contributed by atoms with Crippen molar-refractivity contribution >= 4 is 11.6 Å². The molecule has 2 N–H and O–H groups in total. The van der Waals surface area contributed by atoms with Gasteiger partial charge >= 0.3 is 0 Å². The molecule has 5 heteroatoms. The van der Waals surface area contributed by atoms with Gasteiger partial charge in [-0.15, -0.1) is 0 Å². The first-order valence-corrected chi connectivity index (χ1v) is 6.06. The number of amides is 1. The number of carbonyl (C=O) groups is 1. The minimum atomic E-state index is -0.217. The van der Waals surface area contributed by atoms with E-state index in [1.165, 1.54) is 0 Å². The fourth-order valence-corrected chi connectivity index (χ4v) is 1.91. The van der Waals surface area contributed by atoms with Crippen LogP contribution in [0.3, 0.4) is 0 Å². The summed E-state index contributed by atoms with van der Waals surface area (Å²) in [7, 11) is 0. The van der Waals surface area contributed by atoms with Crippen LogP contribution in [0.15, 0.2) is 24.3 Å². The first-order chi connectivity index (χ1) is 8.95. The lowest BCUT2D eigenvalue weighted by Crippen LogP contribution is -2.20. The van der Waals surface area contributed by atoms with E-state index in [4.69, 9.17) is 0 Å². The summed E-state index contributed by atoms with van der Waals surface area (Å²) in [6.07, 6.45) is 0. The molecule has 0 aliphatic carbocycles. The van der Waals surface area contributed by atoms with Crippen molar-refractivity contribution in [2.45, 2.75) is 27.3 Å². The number of phenolic OH excluding ortho intramolecular Hbond substituents is 1. The molecule has 0 radical (unpaired) electrons. The van der Waals surface area contributed by atoms with E-state index in [0.29, 0.717) is 5.69 Å². The summed E-state index contributed by atoms with van der Waals surface area (Å²) in [5.74, 6) is -0.146. The molecule has 0 aliphatic heterocycles. The molecule has 1 aromatic heterocycles. The van der Waals surface area contributed by atoms with Crippen LogP contribution in [0.2, 0.25) is 0 Å². The molecule has 0 bridgehead atoms. The Bertz CT molecular complexity index is 617. The summed E-state index contributed by atoms with van der Waals surface area (Å²) >= 11 is 0. The van der Waals surface area contributed by atoms with Gasteiger partial charge in [0, 0.05) is 5.69 Å². The van der Waals surface area contributed by atoms with E-state index in [9.17, 15) is 9.90 Å². The molecule has 1 amide bonds. The summed E-state index contributed by atoms with van der Waals surface area (Å²) < 4.78 is 1.63. The molecule has 19 heavy (non-hydrogen) atoms. The molecule has 0 aliphatic rings. The Hall–Kier alpha value is -2.30. The third-order valence-corrected chi connectivity index (χ3v) is 2.82. The normalized spacial score (nSPS) is 10.5. The molecule has 1 heterocycles. The van der Waals surface area contributed by atoms with Crippen molar-refractivity contribution in [1.82, 2.24) is 9.78 Å². The maximum absolute atomic E-state index is 11.9. The van der Waals surface area contributed by atoms with Crippen molar-refractivity contribution in [3.05, 3.63) is 41.2 Å². The molecular weight excluding hydrogens is 242 g/mol. The van der Waals surface area contributed by atoms with E-state index in [-0.39, 0.29) is 18.2 Å². The van der Waals surface area contributed by atoms with Gasteiger partial charge in [0.05, 0.1) is 11.4 Å². The molecule has 5 nitrogen and oxygen atoms in total. The van der Waals surface area contributed by atoms with Crippen LogP contribution in [0.5, 0.6) is 5.75 Å². The van der Waals surface area contributed by atoms with E-state index >= 15 is 0 Å². The molecule has 0 atom stereocenters. The number of hydrogen-bond donors (Lipinski definition) is 2. The number of nitrogens with one attached hydrogen (secondary N) is 1. The maximum atomic E-state index is 11.9. The number of nitrogens with zero attached hydrogens (tertiary/aromatic N) is 2. The Morgan fingerprint density at radius 3 is 2.63 bits per heavy atom. The smallest absolute Gasteiger partial charge is 0.246 e. The topological polar surface area (TPSA) is 67.2 Å². The van der Waals surface area contributed by atoms with Crippen LogP contribution in [0.4, 0.5) is 5.69 Å². The minimum absolute atomic E-state index is 0.0710. The highest BCUT2D eigenvalue weighted by atomic mass is 16.3. The van der Waals surface area contributed by atoms with Gasteiger partial charge in [-0.1, -0.05) is 6.07 Å². The highest BCUT2D eigenvalue weighted by Crippen LogP contribution is 2.23. The first kappa shape index (κ1) is 13.1. The Morgan fingerprint density at radius 1 is 1.32 bits per heavy atom. The van der Waals surface area contributed by atoms with Crippen molar-refractivity contribution in [3.63, 3.8) is 0 Å². The van der Waals surface area contributed by atoms with Crippen LogP contribution in [-0.4, -0.2) is 20.8 Å². The Balaban J connectivity index is 2.07. The number of carbonyl (C=O) groups excluding carboxylic acids is 1. The average molecular weight is 259 g/mol. The van der Waals surface area contributed by atoms with E-state index in [1.807, 2.05) is 32.9 Å². The Morgan fingerprint density at radius 2 is 2.05 bits per heavy atom. The minimum Gasteiger partial charge on any atom is -0.506 e. The van der Waals surface area contributed by atoms with Crippen molar-refractivity contribution in [3.8, 4) is 5.75 Å². The zero-order valence-electron chi connectivity index (χ0n) is 11.3. The second kappa shape index (κ2) is 5.14. The number of rotatable bonds is 3. The Labute approximate surface area is 111 Å². The van der Waals surface area contributed by atoms with Crippen LogP contribution in [0, 0.1) is 20.8 Å². The average Bonchev–Trinajstić information content (AvgIpc) is 2.61. The predicted molar refractivity (Wildman–Crippen MR) is 73.2 cm³/mol. The van der Waals surface area contributed by atoms with Crippen LogP contribution in [0.1, 0.15) is 17.0 Å². The first-order valence-electron chi connectivity index (χ1n) is 6.06. The van der Waals surface area contributed by atoms with Gasteiger partial charge in [-0.3, -0.25) is 9.48 Å². The lowest BCUT2D eigenvalue weighted by molar-refractivity contribution is -0.117. The molecule has 0 fully saturated rings. The third-order valence-electron chi connectivity index (χ3n) is 2.82. The number of aromatic hydroxyl groups is 1. The maximum Gasteiger partial charge on any atom is 0.246 e. The molecule has 2 rings (SSSR count). The monoisotopic (exact) mass is 259 g/mol. The summed E-state index contributed by atoms with van der Waals surface area (Å²) in [5.41, 5.74) is 3.16. The van der Waals surface area contributed by atoms with Gasteiger partial charge in [-0.05, 0) is 44.5 Å². The van der Waals surface area contributed by atoms with E-state index < -0.39 is 0 Å². The summed E-state index contributed by atoms with van der Waals surface area (Å²) in [6, 6.07) is 7.04. The lowest BCUT2D eigenvalue weighted by atomic mass is 10.2. The van der Waals surface area contributed by atoms with Gasteiger partial charge in [0.2, 0.25) is 5.91 Å². The molecule has 0 spiro atoms. The SMILES string of the molecule is Cc1ccc(NC(=O)Cn2nc(C)cc2C)c(O)c1. The van der Waals surface area contributed by atoms with Gasteiger partial charge in [0.25, 0.3) is 0 Å². The molecule has 1 aromatic carbocycles. The predicted octanol–water partition coefficient (Wildman–Crippen LogP) is 2.15. The molecule has 0 saturated heterocycles. The highest BCUT2D eigenvalue weighted by Gasteiger charge is 2.09. The van der Waals surface area contributed by atoms with Crippen LogP contribution >= 0.6 is 0 Å². The van der Waals surface area contributed by atoms with Gasteiger partial charge in [-0.2, -0.15) is 5.10 Å². The van der Waals surface area contributed by atoms with Crippen molar-refractivity contribution in [1.29, 1.82) is 0 Å². The zero-order valence-corrected chi connectivity index (χ0v) is 11.3. The number of anilines is 1. The van der Waals surface area contributed by atoms with Crippen LogP contribution < -0.4 is 5.32 Å². The second-order valence-corrected chi connectivity index (χ2v) is 4.65.